The summed E-state index contributed by atoms with van der Waals surface area (Å²) in [5.41, 5.74) is 0.921. The van der Waals surface area contributed by atoms with E-state index in [1.54, 1.807) is 14.2 Å². The maximum Gasteiger partial charge on any atom is 0.310 e. The summed E-state index contributed by atoms with van der Waals surface area (Å²) in [5.74, 6) is 2.21. The number of carbonyl (C=O) groups is 1. The predicted molar refractivity (Wildman–Crippen MR) is 115 cm³/mol. The van der Waals surface area contributed by atoms with E-state index in [4.69, 9.17) is 19.2 Å². The molecular formula is C22H35N3O4. The molecule has 1 aromatic rings. The summed E-state index contributed by atoms with van der Waals surface area (Å²) in [6.45, 7) is 11.2. The third-order valence-electron chi connectivity index (χ3n) is 5.54. The first-order chi connectivity index (χ1) is 13.8. The molecule has 1 heterocycles. The Bertz CT molecular complexity index is 733. The molecule has 1 saturated heterocycles. The lowest BCUT2D eigenvalue weighted by atomic mass is 9.84. The van der Waals surface area contributed by atoms with Gasteiger partial charge in [-0.15, -0.1) is 0 Å². The quantitative estimate of drug-likeness (QED) is 0.427. The Morgan fingerprint density at radius 1 is 1.21 bits per heavy atom. The fourth-order valence-electron chi connectivity index (χ4n) is 3.64. The van der Waals surface area contributed by atoms with E-state index in [9.17, 15) is 4.79 Å². The number of likely N-dealkylation sites (tertiary alicyclic amines) is 1. The van der Waals surface area contributed by atoms with Crippen LogP contribution in [-0.4, -0.2) is 64.3 Å². The van der Waals surface area contributed by atoms with E-state index >= 15 is 0 Å². The lowest BCUT2D eigenvalue weighted by Crippen LogP contribution is -2.41. The van der Waals surface area contributed by atoms with Crippen molar-refractivity contribution in [2.75, 3.05) is 47.5 Å². The van der Waals surface area contributed by atoms with Crippen LogP contribution in [0.1, 0.15) is 33.3 Å². The van der Waals surface area contributed by atoms with E-state index in [2.05, 4.69) is 37.1 Å². The summed E-state index contributed by atoms with van der Waals surface area (Å²) in [7, 11) is 4.72. The second kappa shape index (κ2) is 9.85. The molecule has 7 nitrogen and oxygen atoms in total. The number of guanidine groups is 1. The highest BCUT2D eigenvalue weighted by Crippen LogP contribution is 2.33. The molecule has 162 valence electrons. The van der Waals surface area contributed by atoms with Crippen molar-refractivity contribution in [3.63, 3.8) is 0 Å². The Kier molecular flexibility index (Phi) is 7.76. The Morgan fingerprint density at radius 2 is 1.90 bits per heavy atom. The van der Waals surface area contributed by atoms with E-state index in [0.29, 0.717) is 24.6 Å². The lowest BCUT2D eigenvalue weighted by molar-refractivity contribution is -0.145. The van der Waals surface area contributed by atoms with Crippen LogP contribution >= 0.6 is 0 Å². The van der Waals surface area contributed by atoms with Crippen molar-refractivity contribution >= 4 is 11.9 Å². The van der Waals surface area contributed by atoms with E-state index in [1.807, 2.05) is 19.1 Å². The molecule has 7 heteroatoms. The van der Waals surface area contributed by atoms with Gasteiger partial charge in [-0.1, -0.05) is 26.8 Å². The van der Waals surface area contributed by atoms with Gasteiger partial charge in [0, 0.05) is 25.0 Å². The molecule has 2 atom stereocenters. The number of nitrogens with zero attached hydrogens (tertiary/aromatic N) is 2. The molecule has 2 unspecified atom stereocenters. The Morgan fingerprint density at radius 3 is 2.48 bits per heavy atom. The zero-order valence-electron chi connectivity index (χ0n) is 18.7. The average Bonchev–Trinajstić information content (AvgIpc) is 3.11. The molecule has 1 aliphatic rings. The number of ether oxygens (including phenoxy) is 3. The highest BCUT2D eigenvalue weighted by molar-refractivity contribution is 5.82. The maximum atomic E-state index is 12.0. The average molecular weight is 406 g/mol. The highest BCUT2D eigenvalue weighted by atomic mass is 16.5. The second-order valence-electron chi connectivity index (χ2n) is 8.14. The number of aliphatic imine (C=N–C) groups is 1. The molecule has 0 bridgehead atoms. The Balaban J connectivity index is 2.20. The summed E-state index contributed by atoms with van der Waals surface area (Å²) in [4.78, 5) is 19.1. The van der Waals surface area contributed by atoms with Gasteiger partial charge >= 0.3 is 5.97 Å². The number of benzene rings is 1. The van der Waals surface area contributed by atoms with Gasteiger partial charge in [0.15, 0.2) is 17.5 Å². The van der Waals surface area contributed by atoms with Crippen LogP contribution in [0.3, 0.4) is 0 Å². The number of hydrogen-bond donors (Lipinski definition) is 1. The van der Waals surface area contributed by atoms with Gasteiger partial charge in [-0.2, -0.15) is 0 Å². The summed E-state index contributed by atoms with van der Waals surface area (Å²) >= 11 is 0. The van der Waals surface area contributed by atoms with Crippen LogP contribution in [0.15, 0.2) is 23.2 Å². The van der Waals surface area contributed by atoms with Gasteiger partial charge in [0.25, 0.3) is 0 Å². The molecule has 0 amide bonds. The van der Waals surface area contributed by atoms with Gasteiger partial charge < -0.3 is 24.4 Å². The topological polar surface area (TPSA) is 72.4 Å². The number of methoxy groups -OCH3 is 3. The van der Waals surface area contributed by atoms with Crippen molar-refractivity contribution in [2.45, 2.75) is 33.1 Å². The highest BCUT2D eigenvalue weighted by Gasteiger charge is 2.37. The molecule has 29 heavy (non-hydrogen) atoms. The minimum atomic E-state index is -0.201. The van der Waals surface area contributed by atoms with Crippen LogP contribution < -0.4 is 14.8 Å². The Hall–Kier alpha value is -2.44. The first-order valence-corrected chi connectivity index (χ1v) is 10.1. The van der Waals surface area contributed by atoms with Crippen molar-refractivity contribution in [1.82, 2.24) is 10.2 Å². The van der Waals surface area contributed by atoms with E-state index in [1.165, 1.54) is 7.11 Å². The predicted octanol–water partition coefficient (Wildman–Crippen LogP) is 2.69. The fourth-order valence-corrected chi connectivity index (χ4v) is 3.64. The third kappa shape index (κ3) is 5.34. The zero-order valence-corrected chi connectivity index (χ0v) is 18.7. The number of carbonyl (C=O) groups excluding carboxylic acids is 1. The third-order valence-corrected chi connectivity index (χ3v) is 5.54. The molecule has 1 N–H and O–H groups in total. The van der Waals surface area contributed by atoms with Crippen LogP contribution in [0.5, 0.6) is 11.5 Å². The summed E-state index contributed by atoms with van der Waals surface area (Å²) in [5, 5.41) is 3.37. The molecule has 0 saturated carbocycles. The molecule has 1 aromatic carbocycles. The minimum absolute atomic E-state index is 0.122. The molecule has 2 rings (SSSR count). The monoisotopic (exact) mass is 405 g/mol. The van der Waals surface area contributed by atoms with Crippen molar-refractivity contribution in [3.8, 4) is 11.5 Å². The molecular weight excluding hydrogens is 370 g/mol. The summed E-state index contributed by atoms with van der Waals surface area (Å²) < 4.78 is 15.7. The van der Waals surface area contributed by atoms with Gasteiger partial charge in [-0.3, -0.25) is 9.79 Å². The maximum absolute atomic E-state index is 12.0. The fraction of sp³-hybridized carbons (Fsp3) is 0.636. The number of rotatable bonds is 7. The number of esters is 1. The van der Waals surface area contributed by atoms with Gasteiger partial charge in [0.2, 0.25) is 0 Å². The second-order valence-corrected chi connectivity index (χ2v) is 8.14. The van der Waals surface area contributed by atoms with Crippen LogP contribution in [0.4, 0.5) is 0 Å². The van der Waals surface area contributed by atoms with Crippen molar-refractivity contribution in [3.05, 3.63) is 23.8 Å². The van der Waals surface area contributed by atoms with Crippen LogP contribution in [0.2, 0.25) is 0 Å². The zero-order chi connectivity index (χ0) is 21.6. The standard InChI is InChI=1S/C22H35N3O4/c1-8-23-21(25-12-15(2)17(13-25)20(26)29-7)24-14-22(3,4)16-9-10-18(27-5)19(11-16)28-6/h9-11,15,17H,8,12-14H2,1-7H3,(H,23,24). The SMILES string of the molecule is CCNC(=NCC(C)(C)c1ccc(OC)c(OC)c1)N1CC(C)C(C(=O)OC)C1. The molecule has 0 aliphatic carbocycles. The van der Waals surface area contributed by atoms with E-state index in [-0.39, 0.29) is 23.2 Å². The van der Waals surface area contributed by atoms with Gasteiger partial charge in [0.1, 0.15) is 0 Å². The number of nitrogens with one attached hydrogen (secondary N) is 1. The first-order valence-electron chi connectivity index (χ1n) is 10.1. The minimum Gasteiger partial charge on any atom is -0.493 e. The summed E-state index contributed by atoms with van der Waals surface area (Å²) in [6.07, 6.45) is 0. The molecule has 0 radical (unpaired) electrons. The van der Waals surface area contributed by atoms with Crippen LogP contribution in [0.25, 0.3) is 0 Å². The normalized spacial score (nSPS) is 19.8. The summed E-state index contributed by atoms with van der Waals surface area (Å²) in [6, 6.07) is 5.98. The van der Waals surface area contributed by atoms with Gasteiger partial charge in [0.05, 0.1) is 33.8 Å². The van der Waals surface area contributed by atoms with Gasteiger partial charge in [-0.25, -0.2) is 0 Å². The van der Waals surface area contributed by atoms with E-state index < -0.39 is 0 Å². The molecule has 1 aliphatic heterocycles. The molecule has 1 fully saturated rings. The van der Waals surface area contributed by atoms with E-state index in [0.717, 1.165) is 24.6 Å². The first kappa shape index (κ1) is 22.8. The molecule has 0 spiro atoms. The van der Waals surface area contributed by atoms with Crippen molar-refractivity contribution < 1.29 is 19.0 Å². The van der Waals surface area contributed by atoms with Crippen molar-refractivity contribution in [2.24, 2.45) is 16.8 Å². The molecule has 0 aromatic heterocycles. The number of hydrogen-bond acceptors (Lipinski definition) is 5. The lowest BCUT2D eigenvalue weighted by Gasteiger charge is -2.27. The largest absolute Gasteiger partial charge is 0.493 e. The smallest absolute Gasteiger partial charge is 0.310 e. The van der Waals surface area contributed by atoms with Crippen molar-refractivity contribution in [1.29, 1.82) is 0 Å². The van der Waals surface area contributed by atoms with Gasteiger partial charge in [-0.05, 0) is 30.5 Å². The Labute approximate surface area is 174 Å². The van der Waals surface area contributed by atoms with Crippen LogP contribution in [-0.2, 0) is 14.9 Å². The van der Waals surface area contributed by atoms with Crippen LogP contribution in [0, 0.1) is 11.8 Å².